The zero-order valence-electron chi connectivity index (χ0n) is 10.9. The van der Waals surface area contributed by atoms with E-state index in [0.717, 1.165) is 6.42 Å². The SMILES string of the molecule is CCc1ccc(C(=O)CSc2ccccc2[N+](=O)[O-])s1. The Balaban J connectivity index is 2.05. The number of thioether (sulfide) groups is 1. The third-order valence-corrected chi connectivity index (χ3v) is 5.04. The monoisotopic (exact) mass is 307 g/mol. The Hall–Kier alpha value is -1.66. The molecule has 2 rings (SSSR count). The van der Waals surface area contributed by atoms with Crippen LogP contribution in [0.25, 0.3) is 0 Å². The van der Waals surface area contributed by atoms with Gasteiger partial charge in [0.1, 0.15) is 0 Å². The maximum atomic E-state index is 12.0. The van der Waals surface area contributed by atoms with E-state index in [1.807, 2.05) is 19.1 Å². The topological polar surface area (TPSA) is 60.2 Å². The molecule has 6 heteroatoms. The molecule has 1 heterocycles. The molecule has 0 spiro atoms. The first kappa shape index (κ1) is 14.7. The van der Waals surface area contributed by atoms with Crippen LogP contribution in [0.15, 0.2) is 41.3 Å². The molecule has 0 amide bonds. The first-order valence-electron chi connectivity index (χ1n) is 6.10. The zero-order chi connectivity index (χ0) is 14.5. The summed E-state index contributed by atoms with van der Waals surface area (Å²) in [5.41, 5.74) is 0.0470. The van der Waals surface area contributed by atoms with Crippen molar-refractivity contribution in [3.63, 3.8) is 0 Å². The number of carbonyl (C=O) groups excluding carboxylic acids is 1. The normalized spacial score (nSPS) is 10.4. The lowest BCUT2D eigenvalue weighted by Crippen LogP contribution is -2.00. The van der Waals surface area contributed by atoms with E-state index >= 15 is 0 Å². The van der Waals surface area contributed by atoms with Crippen molar-refractivity contribution in [1.82, 2.24) is 0 Å². The van der Waals surface area contributed by atoms with Crippen molar-refractivity contribution in [2.45, 2.75) is 18.2 Å². The summed E-state index contributed by atoms with van der Waals surface area (Å²) < 4.78 is 0. The number of benzene rings is 1. The summed E-state index contributed by atoms with van der Waals surface area (Å²) in [5, 5.41) is 10.9. The number of nitro benzene ring substituents is 1. The number of nitrogens with zero attached hydrogens (tertiary/aromatic N) is 1. The van der Waals surface area contributed by atoms with Gasteiger partial charge in [0.2, 0.25) is 0 Å². The lowest BCUT2D eigenvalue weighted by Gasteiger charge is -2.01. The van der Waals surface area contributed by atoms with Crippen LogP contribution in [0.3, 0.4) is 0 Å². The lowest BCUT2D eigenvalue weighted by molar-refractivity contribution is -0.387. The minimum Gasteiger partial charge on any atom is -0.292 e. The van der Waals surface area contributed by atoms with E-state index in [1.54, 1.807) is 18.2 Å². The standard InChI is InChI=1S/C14H13NO3S2/c1-2-10-7-8-14(20-10)12(16)9-19-13-6-4-3-5-11(13)15(17)18/h3-8H,2,9H2,1H3. The number of aryl methyl sites for hydroxylation is 1. The van der Waals surface area contributed by atoms with Crippen molar-refractivity contribution in [3.05, 3.63) is 56.3 Å². The first-order valence-corrected chi connectivity index (χ1v) is 7.90. The summed E-state index contributed by atoms with van der Waals surface area (Å²) in [6.07, 6.45) is 0.912. The number of Topliss-reactive ketones (excluding diaryl/α,β-unsaturated/α-hetero) is 1. The van der Waals surface area contributed by atoms with Crippen molar-refractivity contribution in [2.75, 3.05) is 5.75 Å². The quantitative estimate of drug-likeness (QED) is 0.347. The highest BCUT2D eigenvalue weighted by Gasteiger charge is 2.15. The minimum atomic E-state index is -0.423. The van der Waals surface area contributed by atoms with Crippen LogP contribution in [0.4, 0.5) is 5.69 Å². The van der Waals surface area contributed by atoms with E-state index in [9.17, 15) is 14.9 Å². The molecule has 0 fully saturated rings. The van der Waals surface area contributed by atoms with Gasteiger partial charge >= 0.3 is 0 Å². The molecular weight excluding hydrogens is 294 g/mol. The van der Waals surface area contributed by atoms with E-state index in [0.29, 0.717) is 9.77 Å². The smallest absolute Gasteiger partial charge is 0.282 e. The van der Waals surface area contributed by atoms with Gasteiger partial charge in [-0.15, -0.1) is 23.1 Å². The number of para-hydroxylation sites is 1. The maximum absolute atomic E-state index is 12.0. The summed E-state index contributed by atoms with van der Waals surface area (Å²) in [7, 11) is 0. The number of nitro groups is 1. The van der Waals surface area contributed by atoms with Crippen LogP contribution in [0.5, 0.6) is 0 Å². The Kier molecular flexibility index (Phi) is 4.92. The molecule has 4 nitrogen and oxygen atoms in total. The minimum absolute atomic E-state index is 0.0119. The number of rotatable bonds is 6. The molecule has 0 aliphatic heterocycles. The molecule has 0 aliphatic rings. The second kappa shape index (κ2) is 6.67. The number of ketones is 1. The second-order valence-electron chi connectivity index (χ2n) is 4.06. The molecule has 0 saturated heterocycles. The molecule has 0 N–H and O–H groups in total. The highest BCUT2D eigenvalue weighted by atomic mass is 32.2. The molecule has 20 heavy (non-hydrogen) atoms. The Morgan fingerprint density at radius 2 is 2.05 bits per heavy atom. The van der Waals surface area contributed by atoms with Crippen LogP contribution in [-0.4, -0.2) is 16.5 Å². The fourth-order valence-corrected chi connectivity index (χ4v) is 3.55. The first-order chi connectivity index (χ1) is 9.61. The fraction of sp³-hybridized carbons (Fsp3) is 0.214. The van der Waals surface area contributed by atoms with Gasteiger partial charge in [-0.05, 0) is 24.6 Å². The van der Waals surface area contributed by atoms with Gasteiger partial charge in [0.15, 0.2) is 5.78 Å². The number of thiophene rings is 1. The fourth-order valence-electron chi connectivity index (χ4n) is 1.66. The van der Waals surface area contributed by atoms with E-state index in [2.05, 4.69) is 0 Å². The van der Waals surface area contributed by atoms with Crippen molar-refractivity contribution >= 4 is 34.6 Å². The highest BCUT2D eigenvalue weighted by molar-refractivity contribution is 8.00. The summed E-state index contributed by atoms with van der Waals surface area (Å²) in [6.45, 7) is 2.04. The van der Waals surface area contributed by atoms with E-state index in [1.165, 1.54) is 34.0 Å². The van der Waals surface area contributed by atoms with Crippen LogP contribution in [0.2, 0.25) is 0 Å². The molecule has 1 aromatic heterocycles. The predicted molar refractivity (Wildman–Crippen MR) is 81.8 cm³/mol. The molecular formula is C14H13NO3S2. The summed E-state index contributed by atoms with van der Waals surface area (Å²) >= 11 is 2.70. The van der Waals surface area contributed by atoms with Crippen LogP contribution < -0.4 is 0 Å². The third-order valence-electron chi connectivity index (χ3n) is 2.71. The third kappa shape index (κ3) is 3.46. The highest BCUT2D eigenvalue weighted by Crippen LogP contribution is 2.29. The Bertz CT molecular complexity index is 637. The predicted octanol–water partition coefficient (Wildman–Crippen LogP) is 4.19. The van der Waals surface area contributed by atoms with E-state index in [-0.39, 0.29) is 17.2 Å². The van der Waals surface area contributed by atoms with Gasteiger partial charge in [0.05, 0.1) is 20.4 Å². The Morgan fingerprint density at radius 1 is 1.30 bits per heavy atom. The van der Waals surface area contributed by atoms with Crippen molar-refractivity contribution in [3.8, 4) is 0 Å². The van der Waals surface area contributed by atoms with Crippen LogP contribution >= 0.6 is 23.1 Å². The van der Waals surface area contributed by atoms with Crippen LogP contribution in [-0.2, 0) is 6.42 Å². The summed E-state index contributed by atoms with van der Waals surface area (Å²) in [6, 6.07) is 10.3. The average Bonchev–Trinajstić information content (AvgIpc) is 2.94. The van der Waals surface area contributed by atoms with Crippen LogP contribution in [0, 0.1) is 10.1 Å². The van der Waals surface area contributed by atoms with Crippen molar-refractivity contribution < 1.29 is 9.72 Å². The summed E-state index contributed by atoms with van der Waals surface area (Å²) in [5.74, 6) is 0.229. The molecule has 0 bridgehead atoms. The van der Waals surface area contributed by atoms with Gasteiger partial charge < -0.3 is 0 Å². The lowest BCUT2D eigenvalue weighted by atomic mass is 10.3. The van der Waals surface area contributed by atoms with E-state index < -0.39 is 4.92 Å². The van der Waals surface area contributed by atoms with Gasteiger partial charge in [-0.1, -0.05) is 19.1 Å². The average molecular weight is 307 g/mol. The van der Waals surface area contributed by atoms with Gasteiger partial charge in [0, 0.05) is 10.9 Å². The molecule has 0 unspecified atom stereocenters. The van der Waals surface area contributed by atoms with Gasteiger partial charge in [-0.25, -0.2) is 0 Å². The van der Waals surface area contributed by atoms with Gasteiger partial charge in [-0.3, -0.25) is 14.9 Å². The summed E-state index contributed by atoms with van der Waals surface area (Å²) in [4.78, 5) is 24.9. The van der Waals surface area contributed by atoms with Crippen LogP contribution in [0.1, 0.15) is 21.5 Å². The van der Waals surface area contributed by atoms with Gasteiger partial charge in [0.25, 0.3) is 5.69 Å². The molecule has 1 aromatic carbocycles. The molecule has 104 valence electrons. The second-order valence-corrected chi connectivity index (χ2v) is 6.24. The van der Waals surface area contributed by atoms with Crippen molar-refractivity contribution in [1.29, 1.82) is 0 Å². The van der Waals surface area contributed by atoms with Gasteiger partial charge in [-0.2, -0.15) is 0 Å². The molecule has 0 aliphatic carbocycles. The maximum Gasteiger partial charge on any atom is 0.282 e. The molecule has 0 saturated carbocycles. The molecule has 0 atom stereocenters. The Morgan fingerprint density at radius 3 is 2.70 bits per heavy atom. The number of hydrogen-bond donors (Lipinski definition) is 0. The number of hydrogen-bond acceptors (Lipinski definition) is 5. The van der Waals surface area contributed by atoms with E-state index in [4.69, 9.17) is 0 Å². The number of carbonyl (C=O) groups is 1. The Labute approximate surface area is 125 Å². The molecule has 2 aromatic rings. The molecule has 0 radical (unpaired) electrons. The van der Waals surface area contributed by atoms with Crippen molar-refractivity contribution in [2.24, 2.45) is 0 Å². The largest absolute Gasteiger partial charge is 0.292 e. The zero-order valence-corrected chi connectivity index (χ0v) is 12.5.